The lowest BCUT2D eigenvalue weighted by molar-refractivity contribution is 0.668. The van der Waals surface area contributed by atoms with E-state index in [0.717, 1.165) is 42.3 Å². The summed E-state index contributed by atoms with van der Waals surface area (Å²) < 4.78 is 0. The Morgan fingerprint density at radius 3 is 2.25 bits per heavy atom. The Kier molecular flexibility index (Phi) is 4.08. The second-order valence-corrected chi connectivity index (χ2v) is 6.20. The lowest BCUT2D eigenvalue weighted by Crippen LogP contribution is -2.29. The summed E-state index contributed by atoms with van der Waals surface area (Å²) in [6.45, 7) is 7.51. The second kappa shape index (κ2) is 5.98. The van der Waals surface area contributed by atoms with Crippen molar-refractivity contribution in [2.75, 3.05) is 29.9 Å². The number of nitrogens with zero attached hydrogens (tertiary/aromatic N) is 3. The topological polar surface area (TPSA) is 41.0 Å². The van der Waals surface area contributed by atoms with E-state index in [4.69, 9.17) is 4.98 Å². The Labute approximate surface area is 122 Å². The Hall–Kier alpha value is -1.32. The standard InChI is InChI=1S/C16H26N4/c1-3-14-18-15(17-4-2)9-16(19-14)20(10-12-5-6-12)11-13-7-8-13/h9,12-13H,3-8,10-11H2,1-2H3,(H,17,18,19). The molecule has 0 bridgehead atoms. The highest BCUT2D eigenvalue weighted by Crippen LogP contribution is 2.35. The van der Waals surface area contributed by atoms with Crippen LogP contribution in [0, 0.1) is 11.8 Å². The largest absolute Gasteiger partial charge is 0.370 e. The predicted octanol–water partition coefficient (Wildman–Crippen LogP) is 3.10. The summed E-state index contributed by atoms with van der Waals surface area (Å²) in [7, 11) is 0. The number of aryl methyl sites for hydroxylation is 1. The van der Waals surface area contributed by atoms with Crippen molar-refractivity contribution in [3.05, 3.63) is 11.9 Å². The molecular formula is C16H26N4. The van der Waals surface area contributed by atoms with Crippen molar-refractivity contribution in [3.63, 3.8) is 0 Å². The summed E-state index contributed by atoms with van der Waals surface area (Å²) in [5.41, 5.74) is 0. The SMILES string of the molecule is CCNc1cc(N(CC2CC2)CC2CC2)nc(CC)n1. The van der Waals surface area contributed by atoms with Crippen molar-refractivity contribution in [2.24, 2.45) is 11.8 Å². The molecule has 20 heavy (non-hydrogen) atoms. The lowest BCUT2D eigenvalue weighted by atomic mass is 10.3. The van der Waals surface area contributed by atoms with E-state index in [2.05, 4.69) is 35.1 Å². The van der Waals surface area contributed by atoms with Gasteiger partial charge < -0.3 is 10.2 Å². The highest BCUT2D eigenvalue weighted by molar-refractivity contribution is 5.49. The van der Waals surface area contributed by atoms with E-state index in [1.54, 1.807) is 0 Å². The molecule has 0 aliphatic heterocycles. The second-order valence-electron chi connectivity index (χ2n) is 6.20. The van der Waals surface area contributed by atoms with Crippen LogP contribution in [0.15, 0.2) is 6.07 Å². The first-order chi connectivity index (χ1) is 9.78. The molecule has 0 atom stereocenters. The van der Waals surface area contributed by atoms with Gasteiger partial charge in [0, 0.05) is 32.1 Å². The number of nitrogens with one attached hydrogen (secondary N) is 1. The van der Waals surface area contributed by atoms with E-state index < -0.39 is 0 Å². The molecule has 2 fully saturated rings. The van der Waals surface area contributed by atoms with Crippen LogP contribution >= 0.6 is 0 Å². The van der Waals surface area contributed by atoms with Gasteiger partial charge in [-0.1, -0.05) is 6.92 Å². The molecule has 0 unspecified atom stereocenters. The fourth-order valence-corrected chi connectivity index (χ4v) is 2.56. The molecule has 2 aliphatic rings. The summed E-state index contributed by atoms with van der Waals surface area (Å²) in [5, 5.41) is 3.34. The molecule has 0 spiro atoms. The highest BCUT2D eigenvalue weighted by Gasteiger charge is 2.30. The first-order valence-corrected chi connectivity index (χ1v) is 8.15. The first-order valence-electron chi connectivity index (χ1n) is 8.15. The predicted molar refractivity (Wildman–Crippen MR) is 83.2 cm³/mol. The maximum Gasteiger partial charge on any atom is 0.134 e. The van der Waals surface area contributed by atoms with E-state index in [1.807, 2.05) is 0 Å². The Bertz CT molecular complexity index is 438. The van der Waals surface area contributed by atoms with E-state index in [0.29, 0.717) is 0 Å². The van der Waals surface area contributed by atoms with Crippen molar-refractivity contribution < 1.29 is 0 Å². The van der Waals surface area contributed by atoms with Crippen LogP contribution in [-0.2, 0) is 6.42 Å². The van der Waals surface area contributed by atoms with Crippen LogP contribution in [0.3, 0.4) is 0 Å². The van der Waals surface area contributed by atoms with Crippen LogP contribution in [-0.4, -0.2) is 29.6 Å². The minimum Gasteiger partial charge on any atom is -0.370 e. The number of rotatable bonds is 8. The third kappa shape index (κ3) is 3.62. The Morgan fingerprint density at radius 2 is 1.75 bits per heavy atom. The molecular weight excluding hydrogens is 248 g/mol. The highest BCUT2D eigenvalue weighted by atomic mass is 15.2. The smallest absolute Gasteiger partial charge is 0.134 e. The fourth-order valence-electron chi connectivity index (χ4n) is 2.56. The van der Waals surface area contributed by atoms with Gasteiger partial charge in [-0.15, -0.1) is 0 Å². The van der Waals surface area contributed by atoms with Crippen molar-refractivity contribution in [1.29, 1.82) is 0 Å². The van der Waals surface area contributed by atoms with Crippen LogP contribution in [0.1, 0.15) is 45.4 Å². The van der Waals surface area contributed by atoms with Gasteiger partial charge in [0.1, 0.15) is 17.5 Å². The summed E-state index contributed by atoms with van der Waals surface area (Å²) in [4.78, 5) is 11.8. The molecule has 4 heteroatoms. The zero-order valence-electron chi connectivity index (χ0n) is 12.7. The third-order valence-electron chi connectivity index (χ3n) is 4.11. The van der Waals surface area contributed by atoms with Crippen LogP contribution in [0.2, 0.25) is 0 Å². The van der Waals surface area contributed by atoms with Crippen molar-refractivity contribution in [2.45, 2.75) is 46.0 Å². The van der Waals surface area contributed by atoms with Gasteiger partial charge in [-0.2, -0.15) is 0 Å². The van der Waals surface area contributed by atoms with Gasteiger partial charge in [-0.25, -0.2) is 9.97 Å². The normalized spacial score (nSPS) is 18.1. The molecule has 2 saturated carbocycles. The molecule has 1 heterocycles. The maximum atomic E-state index is 4.77. The molecule has 1 aromatic heterocycles. The maximum absolute atomic E-state index is 4.77. The summed E-state index contributed by atoms with van der Waals surface area (Å²) in [6, 6.07) is 2.13. The van der Waals surface area contributed by atoms with Crippen LogP contribution in [0.5, 0.6) is 0 Å². The van der Waals surface area contributed by atoms with E-state index in [9.17, 15) is 0 Å². The average molecular weight is 274 g/mol. The molecule has 1 N–H and O–H groups in total. The molecule has 110 valence electrons. The van der Waals surface area contributed by atoms with Crippen LogP contribution < -0.4 is 10.2 Å². The molecule has 3 rings (SSSR count). The minimum absolute atomic E-state index is 0.896. The summed E-state index contributed by atoms with van der Waals surface area (Å²) in [5.74, 6) is 4.86. The minimum atomic E-state index is 0.896. The van der Waals surface area contributed by atoms with E-state index in [-0.39, 0.29) is 0 Å². The molecule has 4 nitrogen and oxygen atoms in total. The van der Waals surface area contributed by atoms with E-state index in [1.165, 1.54) is 38.8 Å². The Balaban J connectivity index is 1.80. The fraction of sp³-hybridized carbons (Fsp3) is 0.750. The Morgan fingerprint density at radius 1 is 1.10 bits per heavy atom. The zero-order chi connectivity index (χ0) is 13.9. The summed E-state index contributed by atoms with van der Waals surface area (Å²) >= 11 is 0. The third-order valence-corrected chi connectivity index (χ3v) is 4.11. The molecule has 1 aromatic rings. The average Bonchev–Trinajstić information content (AvgIpc) is 3.33. The van der Waals surface area contributed by atoms with Crippen molar-refractivity contribution >= 4 is 11.6 Å². The molecule has 0 radical (unpaired) electrons. The van der Waals surface area contributed by atoms with Gasteiger partial charge in [0.05, 0.1) is 0 Å². The number of hydrogen-bond donors (Lipinski definition) is 1. The zero-order valence-corrected chi connectivity index (χ0v) is 12.7. The lowest BCUT2D eigenvalue weighted by Gasteiger charge is -2.24. The molecule has 0 aromatic carbocycles. The van der Waals surface area contributed by atoms with Gasteiger partial charge in [-0.3, -0.25) is 0 Å². The summed E-state index contributed by atoms with van der Waals surface area (Å²) in [6.07, 6.45) is 6.48. The van der Waals surface area contributed by atoms with Crippen LogP contribution in [0.25, 0.3) is 0 Å². The quantitative estimate of drug-likeness (QED) is 0.791. The molecule has 0 amide bonds. The number of anilines is 2. The van der Waals surface area contributed by atoms with Gasteiger partial charge in [0.15, 0.2) is 0 Å². The van der Waals surface area contributed by atoms with Crippen molar-refractivity contribution in [3.8, 4) is 0 Å². The van der Waals surface area contributed by atoms with Crippen LogP contribution in [0.4, 0.5) is 11.6 Å². The van der Waals surface area contributed by atoms with Gasteiger partial charge in [0.2, 0.25) is 0 Å². The molecule has 0 saturated heterocycles. The molecule has 2 aliphatic carbocycles. The van der Waals surface area contributed by atoms with Gasteiger partial charge in [-0.05, 0) is 44.4 Å². The number of aromatic nitrogens is 2. The van der Waals surface area contributed by atoms with Gasteiger partial charge >= 0.3 is 0 Å². The van der Waals surface area contributed by atoms with Gasteiger partial charge in [0.25, 0.3) is 0 Å². The monoisotopic (exact) mass is 274 g/mol. The number of hydrogen-bond acceptors (Lipinski definition) is 4. The first kappa shape index (κ1) is 13.7. The van der Waals surface area contributed by atoms with E-state index >= 15 is 0 Å². The van der Waals surface area contributed by atoms with Crippen molar-refractivity contribution in [1.82, 2.24) is 9.97 Å².